The van der Waals surface area contributed by atoms with Gasteiger partial charge >= 0.3 is 5.97 Å². The Morgan fingerprint density at radius 2 is 2.25 bits per heavy atom. The highest BCUT2D eigenvalue weighted by Crippen LogP contribution is 2.31. The van der Waals surface area contributed by atoms with Crippen molar-refractivity contribution < 1.29 is 14.6 Å². The van der Waals surface area contributed by atoms with Crippen molar-refractivity contribution in [2.75, 3.05) is 26.8 Å². The summed E-state index contributed by atoms with van der Waals surface area (Å²) in [5, 5.41) is 8.85. The number of nitrogens with zero attached hydrogens (tertiary/aromatic N) is 1. The number of rotatable bonds is 8. The van der Waals surface area contributed by atoms with E-state index >= 15 is 0 Å². The molecule has 1 fully saturated rings. The predicted octanol–water partition coefficient (Wildman–Crippen LogP) is 1.60. The number of carboxylic acid groups (broad SMARTS) is 1. The molecule has 0 aromatic rings. The molecule has 0 bridgehead atoms. The second kappa shape index (κ2) is 6.86. The van der Waals surface area contributed by atoms with Crippen LogP contribution < -0.4 is 0 Å². The fraction of sp³-hybridized carbons (Fsp3) is 0.917. The molecule has 0 amide bonds. The first kappa shape index (κ1) is 13.5. The highest BCUT2D eigenvalue weighted by atomic mass is 16.5. The molecule has 1 aliphatic rings. The van der Waals surface area contributed by atoms with E-state index in [4.69, 9.17) is 9.84 Å². The number of hydrogen-bond acceptors (Lipinski definition) is 3. The van der Waals surface area contributed by atoms with Crippen molar-refractivity contribution in [2.24, 2.45) is 5.92 Å². The third-order valence-corrected chi connectivity index (χ3v) is 3.44. The smallest absolute Gasteiger partial charge is 0.317 e. The second-order valence-electron chi connectivity index (χ2n) is 4.74. The number of aliphatic carboxylic acids is 1. The molecule has 0 spiro atoms. The molecule has 16 heavy (non-hydrogen) atoms. The van der Waals surface area contributed by atoms with Gasteiger partial charge in [0.25, 0.3) is 0 Å². The summed E-state index contributed by atoms with van der Waals surface area (Å²) in [6.07, 6.45) is 5.09. The van der Waals surface area contributed by atoms with E-state index in [1.165, 1.54) is 19.3 Å². The summed E-state index contributed by atoms with van der Waals surface area (Å²) in [4.78, 5) is 12.8. The lowest BCUT2D eigenvalue weighted by atomic mass is 9.81. The fourth-order valence-electron chi connectivity index (χ4n) is 2.20. The van der Waals surface area contributed by atoms with Crippen LogP contribution in [0.1, 0.15) is 32.6 Å². The summed E-state index contributed by atoms with van der Waals surface area (Å²) in [6.45, 7) is 3.55. The molecule has 4 heteroatoms. The Morgan fingerprint density at radius 3 is 2.69 bits per heavy atom. The van der Waals surface area contributed by atoms with E-state index in [1.807, 2.05) is 4.90 Å². The molecule has 0 radical (unpaired) electrons. The molecule has 0 aromatic heterocycles. The molecule has 0 aliphatic heterocycles. The zero-order valence-electron chi connectivity index (χ0n) is 10.3. The number of methoxy groups -OCH3 is 1. The molecule has 4 nitrogen and oxygen atoms in total. The van der Waals surface area contributed by atoms with Crippen LogP contribution in [-0.4, -0.2) is 48.8 Å². The van der Waals surface area contributed by atoms with Crippen LogP contribution in [0.25, 0.3) is 0 Å². The molecule has 0 saturated heterocycles. The van der Waals surface area contributed by atoms with Gasteiger partial charge in [-0.25, -0.2) is 0 Å². The Labute approximate surface area is 97.6 Å². The van der Waals surface area contributed by atoms with Crippen LogP contribution in [0.2, 0.25) is 0 Å². The summed E-state index contributed by atoms with van der Waals surface area (Å²) >= 11 is 0. The van der Waals surface area contributed by atoms with Gasteiger partial charge in [-0.3, -0.25) is 9.69 Å². The average Bonchev–Trinajstić information content (AvgIpc) is 2.17. The molecular weight excluding hydrogens is 206 g/mol. The van der Waals surface area contributed by atoms with Crippen LogP contribution in [0.3, 0.4) is 0 Å². The van der Waals surface area contributed by atoms with E-state index in [1.54, 1.807) is 7.11 Å². The molecule has 1 aliphatic carbocycles. The molecule has 1 N–H and O–H groups in total. The van der Waals surface area contributed by atoms with Crippen LogP contribution >= 0.6 is 0 Å². The molecule has 94 valence electrons. The van der Waals surface area contributed by atoms with Gasteiger partial charge in [0.1, 0.15) is 0 Å². The average molecular weight is 229 g/mol. The maximum Gasteiger partial charge on any atom is 0.317 e. The van der Waals surface area contributed by atoms with E-state index in [-0.39, 0.29) is 6.54 Å². The number of carboxylic acids is 1. The van der Waals surface area contributed by atoms with Crippen molar-refractivity contribution in [2.45, 2.75) is 38.6 Å². The summed E-state index contributed by atoms with van der Waals surface area (Å²) in [7, 11) is 1.65. The number of ether oxygens (including phenoxy) is 1. The fourth-order valence-corrected chi connectivity index (χ4v) is 2.20. The third-order valence-electron chi connectivity index (χ3n) is 3.44. The minimum Gasteiger partial charge on any atom is -0.480 e. The Balaban J connectivity index is 2.34. The van der Waals surface area contributed by atoms with Crippen LogP contribution in [0, 0.1) is 5.92 Å². The quantitative estimate of drug-likeness (QED) is 0.687. The van der Waals surface area contributed by atoms with Gasteiger partial charge in [0.05, 0.1) is 13.2 Å². The summed E-state index contributed by atoms with van der Waals surface area (Å²) in [5.74, 6) is 0.0606. The number of carbonyl (C=O) groups is 1. The van der Waals surface area contributed by atoms with E-state index in [9.17, 15) is 4.79 Å². The zero-order valence-corrected chi connectivity index (χ0v) is 10.3. The first-order valence-electron chi connectivity index (χ1n) is 6.08. The van der Waals surface area contributed by atoms with Crippen molar-refractivity contribution in [3.05, 3.63) is 0 Å². The Hall–Kier alpha value is -0.610. The second-order valence-corrected chi connectivity index (χ2v) is 4.74. The Morgan fingerprint density at radius 1 is 1.56 bits per heavy atom. The van der Waals surface area contributed by atoms with Crippen LogP contribution in [0.15, 0.2) is 0 Å². The van der Waals surface area contributed by atoms with Gasteiger partial charge in [-0.15, -0.1) is 0 Å². The molecule has 1 rings (SSSR count). The summed E-state index contributed by atoms with van der Waals surface area (Å²) in [6, 6.07) is 0.344. The first-order chi connectivity index (χ1) is 7.63. The largest absolute Gasteiger partial charge is 0.480 e. The minimum atomic E-state index is -0.753. The number of hydrogen-bond donors (Lipinski definition) is 1. The van der Waals surface area contributed by atoms with Crippen LogP contribution in [0.5, 0.6) is 0 Å². The zero-order chi connectivity index (χ0) is 12.0. The van der Waals surface area contributed by atoms with Crippen LogP contribution in [-0.2, 0) is 9.53 Å². The molecule has 1 unspecified atom stereocenters. The molecular formula is C12H23NO3. The van der Waals surface area contributed by atoms with Crippen LogP contribution in [0.4, 0.5) is 0 Å². The van der Waals surface area contributed by atoms with Gasteiger partial charge in [-0.2, -0.15) is 0 Å². The SMILES string of the molecule is COCCN(CC(=O)O)C(C)CC1CCC1. The van der Waals surface area contributed by atoms with Gasteiger partial charge in [0, 0.05) is 19.7 Å². The van der Waals surface area contributed by atoms with Crippen molar-refractivity contribution in [1.82, 2.24) is 4.90 Å². The van der Waals surface area contributed by atoms with Gasteiger partial charge in [0.2, 0.25) is 0 Å². The maximum absolute atomic E-state index is 10.8. The van der Waals surface area contributed by atoms with Gasteiger partial charge in [0.15, 0.2) is 0 Å². The normalized spacial score (nSPS) is 18.4. The first-order valence-corrected chi connectivity index (χ1v) is 6.08. The molecule has 1 atom stereocenters. The third kappa shape index (κ3) is 4.49. The summed E-state index contributed by atoms with van der Waals surface area (Å²) < 4.78 is 5.01. The lowest BCUT2D eigenvalue weighted by Gasteiger charge is -2.33. The van der Waals surface area contributed by atoms with E-state index in [0.29, 0.717) is 19.2 Å². The molecule has 0 heterocycles. The Kier molecular flexibility index (Phi) is 5.77. The van der Waals surface area contributed by atoms with Crippen molar-refractivity contribution in [3.8, 4) is 0 Å². The van der Waals surface area contributed by atoms with Gasteiger partial charge in [-0.1, -0.05) is 19.3 Å². The van der Waals surface area contributed by atoms with E-state index in [2.05, 4.69) is 6.92 Å². The molecule has 0 aromatic carbocycles. The minimum absolute atomic E-state index is 0.122. The Bertz CT molecular complexity index is 216. The highest BCUT2D eigenvalue weighted by Gasteiger charge is 2.24. The van der Waals surface area contributed by atoms with E-state index < -0.39 is 5.97 Å². The summed E-state index contributed by atoms with van der Waals surface area (Å²) in [5.41, 5.74) is 0. The monoisotopic (exact) mass is 229 g/mol. The van der Waals surface area contributed by atoms with Crippen molar-refractivity contribution in [1.29, 1.82) is 0 Å². The van der Waals surface area contributed by atoms with Crippen molar-refractivity contribution >= 4 is 5.97 Å². The lowest BCUT2D eigenvalue weighted by molar-refractivity contribution is -0.139. The predicted molar refractivity (Wildman–Crippen MR) is 62.5 cm³/mol. The van der Waals surface area contributed by atoms with Crippen molar-refractivity contribution in [3.63, 3.8) is 0 Å². The lowest BCUT2D eigenvalue weighted by Crippen LogP contribution is -2.41. The van der Waals surface area contributed by atoms with Gasteiger partial charge in [-0.05, 0) is 19.3 Å². The standard InChI is InChI=1S/C12H23NO3/c1-10(8-11-4-3-5-11)13(6-7-16-2)9-12(14)15/h10-11H,3-9H2,1-2H3,(H,14,15). The van der Waals surface area contributed by atoms with E-state index in [0.717, 1.165) is 12.3 Å². The molecule has 1 saturated carbocycles. The highest BCUT2D eigenvalue weighted by molar-refractivity contribution is 5.69. The van der Waals surface area contributed by atoms with Gasteiger partial charge < -0.3 is 9.84 Å². The topological polar surface area (TPSA) is 49.8 Å². The maximum atomic E-state index is 10.8.